The lowest BCUT2D eigenvalue weighted by atomic mass is 10.2. The summed E-state index contributed by atoms with van der Waals surface area (Å²) < 4.78 is 0. The first kappa shape index (κ1) is 15.1. The van der Waals surface area contributed by atoms with Gasteiger partial charge in [-0.3, -0.25) is 4.79 Å². The number of fused-ring (bicyclic) bond motifs is 1. The van der Waals surface area contributed by atoms with Crippen molar-refractivity contribution in [2.75, 3.05) is 19.4 Å². The number of thioether (sulfide) groups is 1. The van der Waals surface area contributed by atoms with E-state index in [9.17, 15) is 4.79 Å². The highest BCUT2D eigenvalue weighted by Crippen LogP contribution is 2.30. The number of carbonyl (C=O) groups is 1. The maximum atomic E-state index is 12.0. The Bertz CT molecular complexity index is 700. The topological polar surface area (TPSA) is 58.1 Å². The molecule has 5 nitrogen and oxygen atoms in total. The van der Waals surface area contributed by atoms with Crippen molar-refractivity contribution in [2.45, 2.75) is 36.2 Å². The Labute approximate surface area is 134 Å². The van der Waals surface area contributed by atoms with Crippen LogP contribution in [0.2, 0.25) is 0 Å². The summed E-state index contributed by atoms with van der Waals surface area (Å²) in [6, 6.07) is 8.51. The molecule has 6 heteroatoms. The quantitative estimate of drug-likeness (QED) is 0.679. The highest BCUT2D eigenvalue weighted by atomic mass is 32.2. The molecule has 0 bridgehead atoms. The van der Waals surface area contributed by atoms with Crippen LogP contribution in [-0.2, 0) is 4.79 Å². The van der Waals surface area contributed by atoms with Crippen LogP contribution < -0.4 is 5.32 Å². The van der Waals surface area contributed by atoms with Gasteiger partial charge < -0.3 is 10.2 Å². The van der Waals surface area contributed by atoms with Crippen LogP contribution >= 0.6 is 11.8 Å². The minimum absolute atomic E-state index is 0.0680. The molecule has 0 radical (unpaired) electrons. The van der Waals surface area contributed by atoms with Crippen LogP contribution in [0.15, 0.2) is 29.4 Å². The molecule has 2 aromatic rings. The first-order valence-corrected chi connectivity index (χ1v) is 8.33. The number of rotatable bonds is 5. The molecule has 1 amide bonds. The van der Waals surface area contributed by atoms with Crippen LogP contribution in [0.1, 0.15) is 19.8 Å². The van der Waals surface area contributed by atoms with Gasteiger partial charge in [0.15, 0.2) is 5.16 Å². The van der Waals surface area contributed by atoms with E-state index in [1.54, 1.807) is 19.0 Å². The zero-order valence-electron chi connectivity index (χ0n) is 13.0. The van der Waals surface area contributed by atoms with Gasteiger partial charge in [-0.05, 0) is 31.9 Å². The monoisotopic (exact) mass is 316 g/mol. The van der Waals surface area contributed by atoms with E-state index in [-0.39, 0.29) is 11.2 Å². The summed E-state index contributed by atoms with van der Waals surface area (Å²) in [7, 11) is 3.53. The molecule has 1 aromatic heterocycles. The molecule has 1 atom stereocenters. The third kappa shape index (κ3) is 3.32. The maximum absolute atomic E-state index is 12.0. The molecule has 0 unspecified atom stereocenters. The van der Waals surface area contributed by atoms with Crippen LogP contribution in [0.25, 0.3) is 10.9 Å². The van der Waals surface area contributed by atoms with Gasteiger partial charge in [-0.15, -0.1) is 0 Å². The van der Waals surface area contributed by atoms with E-state index in [1.165, 1.54) is 24.6 Å². The molecular formula is C16H20N4OS. The molecule has 1 aliphatic rings. The van der Waals surface area contributed by atoms with Crippen molar-refractivity contribution in [3.8, 4) is 0 Å². The minimum atomic E-state index is -0.204. The van der Waals surface area contributed by atoms with Crippen LogP contribution in [-0.4, -0.2) is 46.2 Å². The molecule has 1 saturated carbocycles. The van der Waals surface area contributed by atoms with Crippen molar-refractivity contribution < 1.29 is 4.79 Å². The summed E-state index contributed by atoms with van der Waals surface area (Å²) in [4.78, 5) is 22.8. The summed E-state index contributed by atoms with van der Waals surface area (Å²) in [6.07, 6.45) is 2.38. The van der Waals surface area contributed by atoms with Crippen molar-refractivity contribution in [3.05, 3.63) is 24.3 Å². The molecule has 0 saturated heterocycles. The van der Waals surface area contributed by atoms with E-state index in [2.05, 4.69) is 15.3 Å². The van der Waals surface area contributed by atoms with Gasteiger partial charge >= 0.3 is 0 Å². The number of aromatic nitrogens is 2. The molecule has 1 aliphatic carbocycles. The van der Waals surface area contributed by atoms with Gasteiger partial charge in [-0.1, -0.05) is 23.9 Å². The third-order valence-electron chi connectivity index (χ3n) is 3.57. The van der Waals surface area contributed by atoms with Crippen LogP contribution in [0.4, 0.5) is 5.82 Å². The molecule has 0 aliphatic heterocycles. The Morgan fingerprint density at radius 2 is 2.05 bits per heavy atom. The molecule has 116 valence electrons. The Morgan fingerprint density at radius 1 is 1.32 bits per heavy atom. The molecular weight excluding hydrogens is 296 g/mol. The average molecular weight is 316 g/mol. The van der Waals surface area contributed by atoms with Crippen molar-refractivity contribution >= 4 is 34.4 Å². The fourth-order valence-corrected chi connectivity index (χ4v) is 3.13. The van der Waals surface area contributed by atoms with Gasteiger partial charge in [0.2, 0.25) is 5.91 Å². The smallest absolute Gasteiger partial charge is 0.235 e. The fraction of sp³-hybridized carbons (Fsp3) is 0.438. The standard InChI is InChI=1S/C16H20N4OS/c1-10(15(21)20(2)3)22-16-18-13-7-5-4-6-12(13)14(19-16)17-11-8-9-11/h4-7,10-11H,8-9H2,1-3H3,(H,17,18,19)/t10-/m0/s1. The van der Waals surface area contributed by atoms with Gasteiger partial charge in [0.05, 0.1) is 10.8 Å². The molecule has 1 aromatic carbocycles. The molecule has 1 N–H and O–H groups in total. The second-order valence-electron chi connectivity index (χ2n) is 5.78. The number of anilines is 1. The number of amides is 1. The Balaban J connectivity index is 1.90. The summed E-state index contributed by atoms with van der Waals surface area (Å²) in [5, 5.41) is 4.94. The maximum Gasteiger partial charge on any atom is 0.235 e. The van der Waals surface area contributed by atoms with Crippen molar-refractivity contribution in [2.24, 2.45) is 0 Å². The number of nitrogens with one attached hydrogen (secondary N) is 1. The lowest BCUT2D eigenvalue weighted by molar-refractivity contribution is -0.127. The van der Waals surface area contributed by atoms with Gasteiger partial charge in [-0.25, -0.2) is 9.97 Å². The summed E-state index contributed by atoms with van der Waals surface area (Å²) >= 11 is 1.40. The van der Waals surface area contributed by atoms with Crippen molar-refractivity contribution in [1.82, 2.24) is 14.9 Å². The summed E-state index contributed by atoms with van der Waals surface area (Å²) in [5.41, 5.74) is 0.910. The van der Waals surface area contributed by atoms with E-state index < -0.39 is 0 Å². The van der Waals surface area contributed by atoms with Crippen LogP contribution in [0.5, 0.6) is 0 Å². The van der Waals surface area contributed by atoms with Gasteiger partial charge in [-0.2, -0.15) is 0 Å². The number of para-hydroxylation sites is 1. The van der Waals surface area contributed by atoms with E-state index in [0.717, 1.165) is 16.7 Å². The minimum Gasteiger partial charge on any atom is -0.367 e. The summed E-state index contributed by atoms with van der Waals surface area (Å²) in [6.45, 7) is 1.89. The Kier molecular flexibility index (Phi) is 4.20. The van der Waals surface area contributed by atoms with Crippen LogP contribution in [0, 0.1) is 0 Å². The molecule has 1 heterocycles. The molecule has 1 fully saturated rings. The average Bonchev–Trinajstić information content (AvgIpc) is 3.30. The van der Waals surface area contributed by atoms with Gasteiger partial charge in [0.25, 0.3) is 0 Å². The predicted octanol–water partition coefficient (Wildman–Crippen LogP) is 2.77. The summed E-state index contributed by atoms with van der Waals surface area (Å²) in [5.74, 6) is 0.943. The Hall–Kier alpha value is -1.82. The second-order valence-corrected chi connectivity index (χ2v) is 7.09. The third-order valence-corrected chi connectivity index (χ3v) is 4.52. The zero-order valence-corrected chi connectivity index (χ0v) is 13.9. The highest BCUT2D eigenvalue weighted by molar-refractivity contribution is 8.00. The highest BCUT2D eigenvalue weighted by Gasteiger charge is 2.23. The first-order valence-electron chi connectivity index (χ1n) is 7.45. The first-order chi connectivity index (χ1) is 10.5. The number of hydrogen-bond acceptors (Lipinski definition) is 5. The molecule has 0 spiro atoms. The zero-order chi connectivity index (χ0) is 15.7. The fourth-order valence-electron chi connectivity index (χ4n) is 2.21. The van der Waals surface area contributed by atoms with Gasteiger partial charge in [0.1, 0.15) is 5.82 Å². The van der Waals surface area contributed by atoms with Crippen molar-refractivity contribution in [3.63, 3.8) is 0 Å². The van der Waals surface area contributed by atoms with E-state index >= 15 is 0 Å². The molecule has 22 heavy (non-hydrogen) atoms. The second kappa shape index (κ2) is 6.12. The van der Waals surface area contributed by atoms with E-state index in [0.29, 0.717) is 11.2 Å². The van der Waals surface area contributed by atoms with Gasteiger partial charge in [0, 0.05) is 25.5 Å². The number of hydrogen-bond donors (Lipinski definition) is 1. The largest absolute Gasteiger partial charge is 0.367 e. The predicted molar refractivity (Wildman–Crippen MR) is 90.2 cm³/mol. The number of nitrogens with zero attached hydrogens (tertiary/aromatic N) is 3. The molecule has 3 rings (SSSR count). The van der Waals surface area contributed by atoms with E-state index in [1.807, 2.05) is 31.2 Å². The number of carbonyl (C=O) groups excluding carboxylic acids is 1. The van der Waals surface area contributed by atoms with Crippen LogP contribution in [0.3, 0.4) is 0 Å². The normalized spacial score (nSPS) is 15.6. The van der Waals surface area contributed by atoms with E-state index in [4.69, 9.17) is 0 Å². The lowest BCUT2D eigenvalue weighted by Crippen LogP contribution is -2.29. The van der Waals surface area contributed by atoms with Crippen molar-refractivity contribution in [1.29, 1.82) is 0 Å². The Morgan fingerprint density at radius 3 is 2.73 bits per heavy atom. The number of benzene rings is 1. The SMILES string of the molecule is C[C@H](Sc1nc(NC2CC2)c2ccccc2n1)C(=O)N(C)C. The lowest BCUT2D eigenvalue weighted by Gasteiger charge is -2.16.